The Kier molecular flexibility index (Phi) is 14.6. The summed E-state index contributed by atoms with van der Waals surface area (Å²) < 4.78 is 18.1. The molecular formula is C21H47N3O3Si. The van der Waals surface area contributed by atoms with E-state index in [2.05, 4.69) is 28.5 Å². The van der Waals surface area contributed by atoms with E-state index in [0.29, 0.717) is 19.8 Å². The Morgan fingerprint density at radius 3 is 1.57 bits per heavy atom. The van der Waals surface area contributed by atoms with E-state index >= 15 is 0 Å². The Morgan fingerprint density at radius 1 is 0.679 bits per heavy atom. The van der Waals surface area contributed by atoms with Gasteiger partial charge in [0.15, 0.2) is 0 Å². The fraction of sp³-hybridized carbons (Fsp3) is 1.00. The van der Waals surface area contributed by atoms with Crippen molar-refractivity contribution in [3.8, 4) is 0 Å². The molecule has 0 unspecified atom stereocenters. The molecule has 0 aromatic carbocycles. The lowest BCUT2D eigenvalue weighted by atomic mass is 10.2. The van der Waals surface area contributed by atoms with E-state index < -0.39 is 8.80 Å². The summed E-state index contributed by atoms with van der Waals surface area (Å²) in [6.45, 7) is 21.9. The van der Waals surface area contributed by atoms with E-state index in [-0.39, 0.29) is 0 Å². The van der Waals surface area contributed by atoms with Gasteiger partial charge in [-0.05, 0) is 46.7 Å². The molecule has 0 spiro atoms. The smallest absolute Gasteiger partial charge is 0.373 e. The van der Waals surface area contributed by atoms with Crippen LogP contribution in [0.3, 0.4) is 0 Å². The molecule has 6 nitrogen and oxygen atoms in total. The third kappa shape index (κ3) is 10.1. The lowest BCUT2D eigenvalue weighted by Crippen LogP contribution is -2.59. The third-order valence-electron chi connectivity index (χ3n) is 5.36. The zero-order valence-electron chi connectivity index (χ0n) is 19.4. The van der Waals surface area contributed by atoms with Gasteiger partial charge in [-0.25, -0.2) is 0 Å². The summed E-state index contributed by atoms with van der Waals surface area (Å²) in [5.74, 6) is 0. The number of hydrogen-bond acceptors (Lipinski definition) is 6. The van der Waals surface area contributed by atoms with Gasteiger partial charge in [0.2, 0.25) is 0 Å². The lowest BCUT2D eigenvalue weighted by molar-refractivity contribution is 0.0463. The molecule has 1 aliphatic heterocycles. The number of piperazine rings is 1. The van der Waals surface area contributed by atoms with Crippen LogP contribution in [-0.4, -0.2) is 102 Å². The van der Waals surface area contributed by atoms with Crippen LogP contribution in [0.1, 0.15) is 60.3 Å². The van der Waals surface area contributed by atoms with Crippen molar-refractivity contribution in [3.05, 3.63) is 0 Å². The monoisotopic (exact) mass is 417 g/mol. The summed E-state index contributed by atoms with van der Waals surface area (Å²) in [5, 5.41) is 0. The Bertz CT molecular complexity index is 344. The number of unbranched alkanes of at least 4 members (excludes halogenated alkanes) is 2. The quantitative estimate of drug-likeness (QED) is 0.339. The van der Waals surface area contributed by atoms with Crippen LogP contribution in [0.15, 0.2) is 0 Å². The van der Waals surface area contributed by atoms with Crippen molar-refractivity contribution in [1.29, 1.82) is 0 Å². The molecule has 168 valence electrons. The topological polar surface area (TPSA) is 37.4 Å². The molecule has 0 amide bonds. The highest BCUT2D eigenvalue weighted by molar-refractivity contribution is 6.60. The van der Waals surface area contributed by atoms with E-state index in [4.69, 9.17) is 13.3 Å². The van der Waals surface area contributed by atoms with Gasteiger partial charge in [0.05, 0.1) is 6.17 Å². The van der Waals surface area contributed by atoms with E-state index in [1.165, 1.54) is 51.9 Å². The minimum Gasteiger partial charge on any atom is -0.373 e. The molecule has 28 heavy (non-hydrogen) atoms. The largest absolute Gasteiger partial charge is 0.515 e. The van der Waals surface area contributed by atoms with E-state index in [1.807, 2.05) is 20.8 Å². The molecule has 0 aromatic heterocycles. The molecule has 1 saturated heterocycles. The van der Waals surface area contributed by atoms with Crippen LogP contribution in [-0.2, 0) is 13.3 Å². The third-order valence-corrected chi connectivity index (χ3v) is 8.38. The summed E-state index contributed by atoms with van der Waals surface area (Å²) in [4.78, 5) is 7.76. The van der Waals surface area contributed by atoms with Gasteiger partial charge in [0.25, 0.3) is 0 Å². The second-order valence-electron chi connectivity index (χ2n) is 7.65. The number of hydrogen-bond donors (Lipinski definition) is 0. The fourth-order valence-electron chi connectivity index (χ4n) is 3.75. The zero-order chi connectivity index (χ0) is 20.7. The lowest BCUT2D eigenvalue weighted by Gasteiger charge is -2.39. The maximum absolute atomic E-state index is 6.03. The standard InChI is InChI=1S/C21H47N3O3Si/c1-6-11-13-22(14-12-7-2)15-16-23-17-19-24(20-18-23)21-28(25-8-3,26-9-4)27-10-5/h6-21H2,1-5H3. The van der Waals surface area contributed by atoms with Gasteiger partial charge in [0, 0.05) is 59.1 Å². The van der Waals surface area contributed by atoms with Gasteiger partial charge >= 0.3 is 8.80 Å². The van der Waals surface area contributed by atoms with Gasteiger partial charge in [-0.2, -0.15) is 0 Å². The molecular weight excluding hydrogens is 370 g/mol. The van der Waals surface area contributed by atoms with Crippen molar-refractivity contribution < 1.29 is 13.3 Å². The molecule has 1 fully saturated rings. The fourth-order valence-corrected chi connectivity index (χ4v) is 6.46. The molecule has 1 rings (SSSR count). The molecule has 1 aliphatic rings. The van der Waals surface area contributed by atoms with Crippen LogP contribution < -0.4 is 0 Å². The van der Waals surface area contributed by atoms with Crippen molar-refractivity contribution >= 4 is 8.80 Å². The summed E-state index contributed by atoms with van der Waals surface area (Å²) in [5.41, 5.74) is 0. The Labute approximate surface area is 175 Å². The minimum atomic E-state index is -2.57. The van der Waals surface area contributed by atoms with Crippen LogP contribution in [0.25, 0.3) is 0 Å². The van der Waals surface area contributed by atoms with Crippen molar-refractivity contribution in [1.82, 2.24) is 14.7 Å². The molecule has 0 N–H and O–H groups in total. The molecule has 0 radical (unpaired) electrons. The van der Waals surface area contributed by atoms with Gasteiger partial charge < -0.3 is 18.2 Å². The van der Waals surface area contributed by atoms with Gasteiger partial charge in [-0.15, -0.1) is 0 Å². The summed E-state index contributed by atoms with van der Waals surface area (Å²) in [6, 6.07) is 0. The first-order chi connectivity index (χ1) is 13.6. The highest BCUT2D eigenvalue weighted by Gasteiger charge is 2.42. The average Bonchev–Trinajstić information content (AvgIpc) is 2.69. The Morgan fingerprint density at radius 2 is 1.14 bits per heavy atom. The maximum atomic E-state index is 6.03. The van der Waals surface area contributed by atoms with E-state index in [0.717, 1.165) is 32.3 Å². The zero-order valence-corrected chi connectivity index (χ0v) is 20.4. The maximum Gasteiger partial charge on any atom is 0.515 e. The highest BCUT2D eigenvalue weighted by atomic mass is 28.4. The van der Waals surface area contributed by atoms with Gasteiger partial charge in [-0.1, -0.05) is 26.7 Å². The summed E-state index contributed by atoms with van der Waals surface area (Å²) in [6.07, 6.45) is 6.02. The Balaban J connectivity index is 2.43. The normalized spacial score (nSPS) is 16.9. The number of rotatable bonds is 17. The summed E-state index contributed by atoms with van der Waals surface area (Å²) in [7, 11) is -2.57. The first-order valence-corrected chi connectivity index (χ1v) is 13.6. The minimum absolute atomic E-state index is 0.650. The van der Waals surface area contributed by atoms with E-state index in [9.17, 15) is 0 Å². The van der Waals surface area contributed by atoms with Crippen LogP contribution >= 0.6 is 0 Å². The molecule has 0 bridgehead atoms. The molecule has 7 heteroatoms. The summed E-state index contributed by atoms with van der Waals surface area (Å²) >= 11 is 0. The average molecular weight is 418 g/mol. The van der Waals surface area contributed by atoms with Crippen molar-refractivity contribution in [2.75, 3.05) is 78.3 Å². The second-order valence-corrected chi connectivity index (χ2v) is 10.2. The molecule has 0 atom stereocenters. The second kappa shape index (κ2) is 15.8. The number of nitrogens with zero attached hydrogens (tertiary/aromatic N) is 3. The highest BCUT2D eigenvalue weighted by Crippen LogP contribution is 2.14. The van der Waals surface area contributed by atoms with Crippen LogP contribution in [0, 0.1) is 0 Å². The van der Waals surface area contributed by atoms with Crippen LogP contribution in [0.2, 0.25) is 0 Å². The van der Waals surface area contributed by atoms with Crippen molar-refractivity contribution in [2.24, 2.45) is 0 Å². The molecule has 0 aromatic rings. The first kappa shape index (κ1) is 26.0. The molecule has 1 heterocycles. The van der Waals surface area contributed by atoms with Crippen LogP contribution in [0.4, 0.5) is 0 Å². The van der Waals surface area contributed by atoms with Gasteiger partial charge in [0.1, 0.15) is 0 Å². The first-order valence-electron chi connectivity index (χ1n) is 11.7. The predicted molar refractivity (Wildman–Crippen MR) is 120 cm³/mol. The van der Waals surface area contributed by atoms with Crippen molar-refractivity contribution in [2.45, 2.75) is 60.3 Å². The molecule has 0 saturated carbocycles. The predicted octanol–water partition coefficient (Wildman–Crippen LogP) is 3.09. The SMILES string of the molecule is CCCCN(CCCC)CCN1CCN(C[Si](OCC)(OCC)OCC)CC1. The van der Waals surface area contributed by atoms with Crippen LogP contribution in [0.5, 0.6) is 0 Å². The molecule has 0 aliphatic carbocycles. The van der Waals surface area contributed by atoms with E-state index in [1.54, 1.807) is 0 Å². The Hall–Kier alpha value is -0.0231. The van der Waals surface area contributed by atoms with Gasteiger partial charge in [-0.3, -0.25) is 9.80 Å². The van der Waals surface area contributed by atoms with Crippen molar-refractivity contribution in [3.63, 3.8) is 0 Å².